The highest BCUT2D eigenvalue weighted by molar-refractivity contribution is 6.30. The maximum absolute atomic E-state index is 11.8. The second-order valence-electron chi connectivity index (χ2n) is 5.01. The summed E-state index contributed by atoms with van der Waals surface area (Å²) in [5.41, 5.74) is 2.25. The Bertz CT molecular complexity index is 683. The monoisotopic (exact) mass is 347 g/mol. The van der Waals surface area contributed by atoms with E-state index in [9.17, 15) is 9.59 Å². The van der Waals surface area contributed by atoms with Gasteiger partial charge in [0.25, 0.3) is 0 Å². The lowest BCUT2D eigenvalue weighted by Gasteiger charge is -2.08. The van der Waals surface area contributed by atoms with Crippen molar-refractivity contribution in [3.63, 3.8) is 0 Å². The molecule has 6 heteroatoms. The minimum Gasteiger partial charge on any atom is -0.466 e. The van der Waals surface area contributed by atoms with Crippen molar-refractivity contribution in [2.45, 2.75) is 20.0 Å². The van der Waals surface area contributed by atoms with Crippen LogP contribution in [0.15, 0.2) is 48.5 Å². The fourth-order valence-corrected chi connectivity index (χ4v) is 2.09. The van der Waals surface area contributed by atoms with E-state index in [4.69, 9.17) is 21.1 Å². The van der Waals surface area contributed by atoms with Gasteiger partial charge >= 0.3 is 12.1 Å². The molecule has 2 aromatic rings. The average Bonchev–Trinajstić information content (AvgIpc) is 2.56. The molecule has 0 heterocycles. The van der Waals surface area contributed by atoms with E-state index in [2.05, 4.69) is 5.32 Å². The lowest BCUT2D eigenvalue weighted by Crippen LogP contribution is -2.13. The van der Waals surface area contributed by atoms with Crippen LogP contribution in [0.3, 0.4) is 0 Å². The Hall–Kier alpha value is -2.53. The molecule has 0 saturated heterocycles. The largest absolute Gasteiger partial charge is 0.466 e. The van der Waals surface area contributed by atoms with Crippen molar-refractivity contribution in [2.24, 2.45) is 0 Å². The van der Waals surface area contributed by atoms with Gasteiger partial charge < -0.3 is 9.47 Å². The van der Waals surface area contributed by atoms with Crippen LogP contribution in [0, 0.1) is 0 Å². The predicted octanol–water partition coefficient (Wildman–Crippen LogP) is 4.19. The zero-order chi connectivity index (χ0) is 17.4. The molecule has 0 atom stereocenters. The van der Waals surface area contributed by atoms with E-state index in [1.165, 1.54) is 0 Å². The van der Waals surface area contributed by atoms with Gasteiger partial charge in [0.15, 0.2) is 0 Å². The van der Waals surface area contributed by atoms with Crippen molar-refractivity contribution in [1.82, 2.24) is 0 Å². The molecule has 0 aliphatic heterocycles. The number of anilines is 1. The maximum atomic E-state index is 11.8. The van der Waals surface area contributed by atoms with E-state index in [0.717, 1.165) is 11.1 Å². The molecule has 0 saturated carbocycles. The number of nitrogens with one attached hydrogen (secondary N) is 1. The van der Waals surface area contributed by atoms with Crippen LogP contribution in [-0.2, 0) is 27.3 Å². The molecule has 0 aliphatic carbocycles. The highest BCUT2D eigenvalue weighted by atomic mass is 35.5. The lowest BCUT2D eigenvalue weighted by molar-refractivity contribution is -0.142. The number of hydrogen-bond acceptors (Lipinski definition) is 4. The van der Waals surface area contributed by atoms with Crippen molar-refractivity contribution in [3.8, 4) is 0 Å². The molecular weight excluding hydrogens is 330 g/mol. The summed E-state index contributed by atoms with van der Waals surface area (Å²) < 4.78 is 10.0. The molecule has 0 unspecified atom stereocenters. The van der Waals surface area contributed by atoms with Gasteiger partial charge in [-0.3, -0.25) is 10.1 Å². The maximum Gasteiger partial charge on any atom is 0.411 e. The first-order valence-corrected chi connectivity index (χ1v) is 7.87. The Balaban J connectivity index is 1.81. The molecule has 0 bridgehead atoms. The molecule has 2 aromatic carbocycles. The summed E-state index contributed by atoms with van der Waals surface area (Å²) in [6.07, 6.45) is -0.349. The second-order valence-corrected chi connectivity index (χ2v) is 5.44. The number of carbonyl (C=O) groups is 2. The highest BCUT2D eigenvalue weighted by Crippen LogP contribution is 2.13. The van der Waals surface area contributed by atoms with Crippen LogP contribution in [0.5, 0.6) is 0 Å². The van der Waals surface area contributed by atoms with Crippen LogP contribution in [0.1, 0.15) is 18.1 Å². The third-order valence-electron chi connectivity index (χ3n) is 3.14. The van der Waals surface area contributed by atoms with Gasteiger partial charge in [-0.05, 0) is 42.3 Å². The van der Waals surface area contributed by atoms with Gasteiger partial charge in [0.2, 0.25) is 0 Å². The van der Waals surface area contributed by atoms with Crippen molar-refractivity contribution in [3.05, 3.63) is 64.7 Å². The van der Waals surface area contributed by atoms with Crippen LogP contribution >= 0.6 is 11.6 Å². The molecule has 126 valence electrons. The number of ether oxygens (including phenoxy) is 2. The standard InChI is InChI=1S/C18H18ClNO4/c1-2-23-17(21)11-13-5-9-16(10-6-13)20-18(22)24-12-14-3-7-15(19)8-4-14/h3-10H,2,11-12H2,1H3,(H,20,22). The van der Waals surface area contributed by atoms with Gasteiger partial charge in [0.05, 0.1) is 13.0 Å². The molecule has 0 aromatic heterocycles. The summed E-state index contributed by atoms with van der Waals surface area (Å²) in [6, 6.07) is 14.0. The Morgan fingerprint density at radius 3 is 2.21 bits per heavy atom. The van der Waals surface area contributed by atoms with Gasteiger partial charge in [-0.25, -0.2) is 4.79 Å². The highest BCUT2D eigenvalue weighted by Gasteiger charge is 2.06. The third-order valence-corrected chi connectivity index (χ3v) is 3.39. The quantitative estimate of drug-likeness (QED) is 0.795. The van der Waals surface area contributed by atoms with Gasteiger partial charge in [-0.2, -0.15) is 0 Å². The molecule has 1 N–H and O–H groups in total. The van der Waals surface area contributed by atoms with Crippen molar-refractivity contribution < 1.29 is 19.1 Å². The number of carbonyl (C=O) groups excluding carboxylic acids is 2. The molecule has 0 radical (unpaired) electrons. The normalized spacial score (nSPS) is 10.1. The fourth-order valence-electron chi connectivity index (χ4n) is 1.97. The summed E-state index contributed by atoms with van der Waals surface area (Å²) in [6.45, 7) is 2.28. The first-order valence-electron chi connectivity index (χ1n) is 7.49. The molecule has 5 nitrogen and oxygen atoms in total. The van der Waals surface area contributed by atoms with Crippen molar-refractivity contribution in [1.29, 1.82) is 0 Å². The number of hydrogen-bond donors (Lipinski definition) is 1. The van der Waals surface area contributed by atoms with E-state index >= 15 is 0 Å². The minimum absolute atomic E-state index is 0.157. The number of benzene rings is 2. The van der Waals surface area contributed by atoms with Gasteiger partial charge in [0, 0.05) is 10.7 Å². The number of halogens is 1. The Morgan fingerprint density at radius 1 is 0.958 bits per heavy atom. The first-order chi connectivity index (χ1) is 11.6. The first kappa shape index (κ1) is 17.8. The number of amides is 1. The zero-order valence-corrected chi connectivity index (χ0v) is 14.0. The SMILES string of the molecule is CCOC(=O)Cc1ccc(NC(=O)OCc2ccc(Cl)cc2)cc1. The lowest BCUT2D eigenvalue weighted by atomic mass is 10.1. The average molecular weight is 348 g/mol. The molecule has 24 heavy (non-hydrogen) atoms. The van der Waals surface area contributed by atoms with Gasteiger partial charge in [-0.15, -0.1) is 0 Å². The summed E-state index contributed by atoms with van der Waals surface area (Å²) in [5, 5.41) is 3.26. The van der Waals surface area contributed by atoms with E-state index in [1.54, 1.807) is 55.5 Å². The molecule has 1 amide bonds. The molecular formula is C18H18ClNO4. The third kappa shape index (κ3) is 5.93. The number of rotatable bonds is 6. The van der Waals surface area contributed by atoms with Crippen LogP contribution in [0.2, 0.25) is 5.02 Å². The van der Waals surface area contributed by atoms with E-state index in [-0.39, 0.29) is 19.0 Å². The summed E-state index contributed by atoms with van der Waals surface area (Å²) in [5.74, 6) is -0.277. The van der Waals surface area contributed by atoms with E-state index in [0.29, 0.717) is 17.3 Å². The zero-order valence-electron chi connectivity index (χ0n) is 13.3. The molecule has 0 spiro atoms. The Kier molecular flexibility index (Phi) is 6.63. The smallest absolute Gasteiger partial charge is 0.411 e. The Labute approximate surface area is 145 Å². The van der Waals surface area contributed by atoms with Crippen LogP contribution < -0.4 is 5.32 Å². The van der Waals surface area contributed by atoms with Crippen molar-refractivity contribution in [2.75, 3.05) is 11.9 Å². The summed E-state index contributed by atoms with van der Waals surface area (Å²) in [7, 11) is 0. The number of esters is 1. The second kappa shape index (κ2) is 8.93. The fraction of sp³-hybridized carbons (Fsp3) is 0.222. The van der Waals surface area contributed by atoms with Gasteiger partial charge in [-0.1, -0.05) is 35.9 Å². The molecule has 0 fully saturated rings. The van der Waals surface area contributed by atoms with Crippen LogP contribution in [-0.4, -0.2) is 18.7 Å². The summed E-state index contributed by atoms with van der Waals surface area (Å²) in [4.78, 5) is 23.2. The predicted molar refractivity (Wildman–Crippen MR) is 92.0 cm³/mol. The molecule has 2 rings (SSSR count). The minimum atomic E-state index is -0.553. The van der Waals surface area contributed by atoms with Gasteiger partial charge in [0.1, 0.15) is 6.61 Å². The van der Waals surface area contributed by atoms with E-state index in [1.807, 2.05) is 0 Å². The topological polar surface area (TPSA) is 64.6 Å². The molecule has 0 aliphatic rings. The Morgan fingerprint density at radius 2 is 1.58 bits per heavy atom. The van der Waals surface area contributed by atoms with Crippen LogP contribution in [0.4, 0.5) is 10.5 Å². The van der Waals surface area contributed by atoms with Crippen LogP contribution in [0.25, 0.3) is 0 Å². The van der Waals surface area contributed by atoms with Crippen molar-refractivity contribution >= 4 is 29.4 Å². The summed E-state index contributed by atoms with van der Waals surface area (Å²) >= 11 is 5.79. The van der Waals surface area contributed by atoms with E-state index < -0.39 is 6.09 Å².